The fraction of sp³-hybridized carbons (Fsp3) is 0.400. The van der Waals surface area contributed by atoms with Gasteiger partial charge in [-0.05, 0) is 19.9 Å². The quantitative estimate of drug-likeness (QED) is 0.555. The molecule has 0 spiro atoms. The topological polar surface area (TPSA) is 16.2 Å². The van der Waals surface area contributed by atoms with Crippen molar-refractivity contribution in [1.29, 1.82) is 0 Å². The monoisotopic (exact) mass is 161 g/mol. The smallest absolute Gasteiger partial charge is 0.228 e. The van der Waals surface area contributed by atoms with E-state index in [4.69, 9.17) is 0 Å². The third-order valence-corrected chi connectivity index (χ3v) is 2.18. The van der Waals surface area contributed by atoms with Crippen LogP contribution in [0.2, 0.25) is 0 Å². The standard InChI is InChI=1S/C10H13N2/c1-8(2)12-5-3-4-9-6-11-7-10(9)12/h3-5,7-8H,6H2,1-2H3/q+1. The Kier molecular flexibility index (Phi) is 1.68. The highest BCUT2D eigenvalue weighted by Gasteiger charge is 2.19. The number of aromatic nitrogens is 1. The molecular weight excluding hydrogens is 148 g/mol. The lowest BCUT2D eigenvalue weighted by molar-refractivity contribution is -0.717. The van der Waals surface area contributed by atoms with E-state index < -0.39 is 0 Å². The Hall–Kier alpha value is -1.18. The Morgan fingerprint density at radius 1 is 1.50 bits per heavy atom. The van der Waals surface area contributed by atoms with Gasteiger partial charge >= 0.3 is 0 Å². The fourth-order valence-corrected chi connectivity index (χ4v) is 1.55. The first-order chi connectivity index (χ1) is 5.79. The molecule has 12 heavy (non-hydrogen) atoms. The van der Waals surface area contributed by atoms with Crippen LogP contribution in [0.3, 0.4) is 0 Å². The molecule has 62 valence electrons. The molecule has 0 saturated carbocycles. The minimum Gasteiger partial charge on any atom is -0.281 e. The summed E-state index contributed by atoms with van der Waals surface area (Å²) in [5.74, 6) is 0. The van der Waals surface area contributed by atoms with Crippen molar-refractivity contribution >= 4 is 6.21 Å². The summed E-state index contributed by atoms with van der Waals surface area (Å²) in [6.45, 7) is 5.22. The summed E-state index contributed by atoms with van der Waals surface area (Å²) in [7, 11) is 0. The van der Waals surface area contributed by atoms with Gasteiger partial charge in [-0.2, -0.15) is 4.57 Å². The lowest BCUT2D eigenvalue weighted by atomic mass is 10.2. The molecule has 1 aliphatic heterocycles. The van der Waals surface area contributed by atoms with E-state index >= 15 is 0 Å². The van der Waals surface area contributed by atoms with E-state index in [-0.39, 0.29) is 0 Å². The molecule has 0 fully saturated rings. The first-order valence-corrected chi connectivity index (χ1v) is 4.32. The van der Waals surface area contributed by atoms with Crippen LogP contribution in [0.15, 0.2) is 23.3 Å². The van der Waals surface area contributed by atoms with Gasteiger partial charge in [-0.15, -0.1) is 0 Å². The van der Waals surface area contributed by atoms with Crippen molar-refractivity contribution in [2.75, 3.05) is 0 Å². The highest BCUT2D eigenvalue weighted by Crippen LogP contribution is 2.10. The van der Waals surface area contributed by atoms with E-state index in [1.165, 1.54) is 11.3 Å². The Morgan fingerprint density at radius 2 is 2.33 bits per heavy atom. The number of aliphatic imine (C=N–C) groups is 1. The molecule has 0 amide bonds. The zero-order chi connectivity index (χ0) is 8.55. The number of nitrogens with zero attached hydrogens (tertiary/aromatic N) is 2. The summed E-state index contributed by atoms with van der Waals surface area (Å²) in [6.07, 6.45) is 4.08. The molecule has 0 unspecified atom stereocenters. The van der Waals surface area contributed by atoms with Gasteiger partial charge in [-0.3, -0.25) is 4.99 Å². The highest BCUT2D eigenvalue weighted by molar-refractivity contribution is 5.79. The Labute approximate surface area is 72.6 Å². The lowest BCUT2D eigenvalue weighted by Gasteiger charge is -2.03. The number of fused-ring (bicyclic) bond motifs is 1. The summed E-state index contributed by atoms with van der Waals surface area (Å²) in [5.41, 5.74) is 2.61. The molecule has 1 aliphatic rings. The van der Waals surface area contributed by atoms with Gasteiger partial charge in [0.25, 0.3) is 0 Å². The second-order valence-corrected chi connectivity index (χ2v) is 3.39. The summed E-state index contributed by atoms with van der Waals surface area (Å²) in [4.78, 5) is 4.25. The van der Waals surface area contributed by atoms with E-state index in [2.05, 4.69) is 41.7 Å². The third kappa shape index (κ3) is 1.04. The maximum Gasteiger partial charge on any atom is 0.228 e. The zero-order valence-electron chi connectivity index (χ0n) is 7.49. The molecule has 0 N–H and O–H groups in total. The van der Waals surface area contributed by atoms with Crippen molar-refractivity contribution in [2.24, 2.45) is 4.99 Å². The Balaban J connectivity index is 2.56. The largest absolute Gasteiger partial charge is 0.281 e. The molecule has 1 aromatic heterocycles. The predicted molar refractivity (Wildman–Crippen MR) is 48.3 cm³/mol. The van der Waals surface area contributed by atoms with Crippen LogP contribution in [-0.2, 0) is 6.54 Å². The molecule has 1 aromatic rings. The number of pyridine rings is 1. The average Bonchev–Trinajstić information content (AvgIpc) is 2.49. The maximum atomic E-state index is 4.25. The molecule has 2 heterocycles. The normalized spacial score (nSPS) is 13.9. The van der Waals surface area contributed by atoms with E-state index in [0.717, 1.165) is 6.54 Å². The van der Waals surface area contributed by atoms with Crippen LogP contribution < -0.4 is 4.57 Å². The molecule has 0 aromatic carbocycles. The molecule has 0 aliphatic carbocycles. The number of hydrogen-bond acceptors (Lipinski definition) is 1. The van der Waals surface area contributed by atoms with Gasteiger partial charge in [0.2, 0.25) is 5.69 Å². The molecular formula is C10H13N2+. The Morgan fingerprint density at radius 3 is 3.08 bits per heavy atom. The maximum absolute atomic E-state index is 4.25. The number of rotatable bonds is 1. The summed E-state index contributed by atoms with van der Waals surface area (Å²) < 4.78 is 2.26. The van der Waals surface area contributed by atoms with Crippen molar-refractivity contribution < 1.29 is 4.57 Å². The van der Waals surface area contributed by atoms with Crippen molar-refractivity contribution in [3.8, 4) is 0 Å². The minimum absolute atomic E-state index is 0.518. The third-order valence-electron chi connectivity index (χ3n) is 2.18. The zero-order valence-corrected chi connectivity index (χ0v) is 7.49. The first-order valence-electron chi connectivity index (χ1n) is 4.32. The van der Waals surface area contributed by atoms with Gasteiger partial charge in [0.15, 0.2) is 12.2 Å². The SMILES string of the molecule is CC(C)[n+]1cccc2c1C=NC2. The van der Waals surface area contributed by atoms with E-state index in [0.29, 0.717) is 6.04 Å². The van der Waals surface area contributed by atoms with Crippen molar-refractivity contribution in [3.63, 3.8) is 0 Å². The van der Waals surface area contributed by atoms with Crippen LogP contribution in [0.5, 0.6) is 0 Å². The van der Waals surface area contributed by atoms with Crippen LogP contribution in [0.4, 0.5) is 0 Å². The molecule has 2 heteroatoms. The van der Waals surface area contributed by atoms with E-state index in [9.17, 15) is 0 Å². The molecule has 0 radical (unpaired) electrons. The van der Waals surface area contributed by atoms with Crippen LogP contribution in [0.25, 0.3) is 0 Å². The van der Waals surface area contributed by atoms with Gasteiger partial charge in [-0.25, -0.2) is 0 Å². The second-order valence-electron chi connectivity index (χ2n) is 3.39. The summed E-state index contributed by atoms with van der Waals surface area (Å²) in [6, 6.07) is 4.75. The average molecular weight is 161 g/mol. The first kappa shape index (κ1) is 7.47. The molecule has 2 nitrogen and oxygen atoms in total. The number of hydrogen-bond donors (Lipinski definition) is 0. The lowest BCUT2D eigenvalue weighted by Crippen LogP contribution is -2.40. The van der Waals surface area contributed by atoms with E-state index in [1.54, 1.807) is 0 Å². The van der Waals surface area contributed by atoms with Gasteiger partial charge in [0, 0.05) is 11.6 Å². The molecule has 0 bridgehead atoms. The van der Waals surface area contributed by atoms with Crippen molar-refractivity contribution in [2.45, 2.75) is 26.4 Å². The van der Waals surface area contributed by atoms with Crippen LogP contribution >= 0.6 is 0 Å². The van der Waals surface area contributed by atoms with Gasteiger partial charge in [-0.1, -0.05) is 0 Å². The van der Waals surface area contributed by atoms with Crippen LogP contribution in [-0.4, -0.2) is 6.21 Å². The molecule has 0 saturated heterocycles. The van der Waals surface area contributed by atoms with Crippen LogP contribution in [0, 0.1) is 0 Å². The van der Waals surface area contributed by atoms with E-state index in [1.807, 2.05) is 6.21 Å². The summed E-state index contributed by atoms with van der Waals surface area (Å²) >= 11 is 0. The predicted octanol–water partition coefficient (Wildman–Crippen LogP) is 1.49. The highest BCUT2D eigenvalue weighted by atomic mass is 15.0. The molecule has 2 rings (SSSR count). The Bertz CT molecular complexity index is 327. The minimum atomic E-state index is 0.518. The van der Waals surface area contributed by atoms with Gasteiger partial charge < -0.3 is 0 Å². The molecule has 0 atom stereocenters. The fourth-order valence-electron chi connectivity index (χ4n) is 1.55. The van der Waals surface area contributed by atoms with Crippen molar-refractivity contribution in [3.05, 3.63) is 29.6 Å². The van der Waals surface area contributed by atoms with Gasteiger partial charge in [0.1, 0.15) is 0 Å². The van der Waals surface area contributed by atoms with Crippen molar-refractivity contribution in [1.82, 2.24) is 0 Å². The van der Waals surface area contributed by atoms with Crippen LogP contribution in [0.1, 0.15) is 31.1 Å². The second kappa shape index (κ2) is 2.70. The van der Waals surface area contributed by atoms with Gasteiger partial charge in [0.05, 0.1) is 12.8 Å². The summed E-state index contributed by atoms with van der Waals surface area (Å²) in [5, 5.41) is 0.